The highest BCUT2D eigenvalue weighted by atomic mass is 16.1. The van der Waals surface area contributed by atoms with Crippen molar-refractivity contribution in [3.8, 4) is 0 Å². The number of rotatable bonds is 6. The van der Waals surface area contributed by atoms with Crippen LogP contribution in [0.3, 0.4) is 0 Å². The lowest BCUT2D eigenvalue weighted by Gasteiger charge is -2.11. The Morgan fingerprint density at radius 1 is 1.14 bits per heavy atom. The largest absolute Gasteiger partial charge is 0.354 e. The molecule has 0 aliphatic carbocycles. The molecule has 21 heavy (non-hydrogen) atoms. The standard InChI is InChI=1S/C17H21N3O/c1-3-7-17(21)20-16-11-10-14(12-18-16)19-15-9-6-5-8-13(15)4-2/h5-6,8-12,19H,3-4,7H2,1-2H3,(H,18,20,21). The molecule has 0 aliphatic rings. The molecule has 1 heterocycles. The molecule has 4 heteroatoms. The van der Waals surface area contributed by atoms with Crippen molar-refractivity contribution in [2.45, 2.75) is 33.1 Å². The number of aryl methyl sites for hydroxylation is 1. The van der Waals surface area contributed by atoms with E-state index in [0.29, 0.717) is 12.2 Å². The maximum Gasteiger partial charge on any atom is 0.225 e. The van der Waals surface area contributed by atoms with Gasteiger partial charge in [0.15, 0.2) is 0 Å². The summed E-state index contributed by atoms with van der Waals surface area (Å²) in [5.41, 5.74) is 3.26. The van der Waals surface area contributed by atoms with E-state index in [1.807, 2.05) is 31.2 Å². The van der Waals surface area contributed by atoms with E-state index in [9.17, 15) is 4.79 Å². The Morgan fingerprint density at radius 3 is 2.62 bits per heavy atom. The van der Waals surface area contributed by atoms with Crippen molar-refractivity contribution in [3.05, 3.63) is 48.2 Å². The van der Waals surface area contributed by atoms with Crippen LogP contribution in [0.15, 0.2) is 42.6 Å². The van der Waals surface area contributed by atoms with Crippen LogP contribution in [-0.2, 0) is 11.2 Å². The number of hydrogen-bond acceptors (Lipinski definition) is 3. The number of pyridine rings is 1. The average molecular weight is 283 g/mol. The number of carbonyl (C=O) groups excluding carboxylic acids is 1. The first-order chi connectivity index (χ1) is 10.2. The molecule has 2 N–H and O–H groups in total. The molecule has 1 aromatic heterocycles. The fourth-order valence-electron chi connectivity index (χ4n) is 2.08. The van der Waals surface area contributed by atoms with Crippen LogP contribution in [0.25, 0.3) is 0 Å². The normalized spacial score (nSPS) is 10.2. The van der Waals surface area contributed by atoms with Gasteiger partial charge in [-0.05, 0) is 36.6 Å². The fraction of sp³-hybridized carbons (Fsp3) is 0.294. The number of carbonyl (C=O) groups is 1. The second-order valence-electron chi connectivity index (χ2n) is 4.87. The van der Waals surface area contributed by atoms with Crippen LogP contribution in [-0.4, -0.2) is 10.9 Å². The van der Waals surface area contributed by atoms with E-state index in [1.165, 1.54) is 5.56 Å². The minimum absolute atomic E-state index is 0.00189. The van der Waals surface area contributed by atoms with Gasteiger partial charge in [-0.15, -0.1) is 0 Å². The third-order valence-corrected chi connectivity index (χ3v) is 3.19. The summed E-state index contributed by atoms with van der Waals surface area (Å²) < 4.78 is 0. The zero-order chi connectivity index (χ0) is 15.1. The summed E-state index contributed by atoms with van der Waals surface area (Å²) in [5.74, 6) is 0.588. The van der Waals surface area contributed by atoms with Gasteiger partial charge < -0.3 is 10.6 Å². The third-order valence-electron chi connectivity index (χ3n) is 3.19. The first-order valence-corrected chi connectivity index (χ1v) is 7.33. The second kappa shape index (κ2) is 7.43. The number of aromatic nitrogens is 1. The molecule has 0 radical (unpaired) electrons. The molecular formula is C17H21N3O. The highest BCUT2D eigenvalue weighted by molar-refractivity contribution is 5.89. The van der Waals surface area contributed by atoms with Crippen LogP contribution in [0, 0.1) is 0 Å². The van der Waals surface area contributed by atoms with Crippen molar-refractivity contribution in [1.29, 1.82) is 0 Å². The van der Waals surface area contributed by atoms with Gasteiger partial charge in [-0.1, -0.05) is 32.0 Å². The first-order valence-electron chi connectivity index (χ1n) is 7.33. The Balaban J connectivity index is 2.04. The lowest BCUT2D eigenvalue weighted by molar-refractivity contribution is -0.116. The summed E-state index contributed by atoms with van der Waals surface area (Å²) in [4.78, 5) is 15.8. The summed E-state index contributed by atoms with van der Waals surface area (Å²) in [5, 5.41) is 6.13. The van der Waals surface area contributed by atoms with E-state index in [-0.39, 0.29) is 5.91 Å². The maximum atomic E-state index is 11.5. The van der Waals surface area contributed by atoms with E-state index in [2.05, 4.69) is 34.7 Å². The van der Waals surface area contributed by atoms with Crippen LogP contribution in [0.5, 0.6) is 0 Å². The highest BCUT2D eigenvalue weighted by Crippen LogP contribution is 2.21. The minimum atomic E-state index is 0.00189. The van der Waals surface area contributed by atoms with Crippen LogP contribution >= 0.6 is 0 Å². The summed E-state index contributed by atoms with van der Waals surface area (Å²) >= 11 is 0. The fourth-order valence-corrected chi connectivity index (χ4v) is 2.08. The summed E-state index contributed by atoms with van der Waals surface area (Å²) in [6.07, 6.45) is 4.06. The molecule has 4 nitrogen and oxygen atoms in total. The predicted octanol–water partition coefficient (Wildman–Crippen LogP) is 4.13. The molecular weight excluding hydrogens is 262 g/mol. The van der Waals surface area contributed by atoms with Gasteiger partial charge in [0.25, 0.3) is 0 Å². The smallest absolute Gasteiger partial charge is 0.225 e. The number of hydrogen-bond donors (Lipinski definition) is 2. The van der Waals surface area contributed by atoms with E-state index in [1.54, 1.807) is 6.20 Å². The molecule has 0 atom stereocenters. The zero-order valence-electron chi connectivity index (χ0n) is 12.5. The Bertz CT molecular complexity index is 593. The van der Waals surface area contributed by atoms with Crippen molar-refractivity contribution in [1.82, 2.24) is 4.98 Å². The maximum absolute atomic E-state index is 11.5. The highest BCUT2D eigenvalue weighted by Gasteiger charge is 2.03. The summed E-state index contributed by atoms with van der Waals surface area (Å²) in [6.45, 7) is 4.11. The molecule has 2 aromatic rings. The summed E-state index contributed by atoms with van der Waals surface area (Å²) in [7, 11) is 0. The molecule has 1 amide bonds. The number of nitrogens with zero attached hydrogens (tertiary/aromatic N) is 1. The minimum Gasteiger partial charge on any atom is -0.354 e. The van der Waals surface area contributed by atoms with Gasteiger partial charge in [0.2, 0.25) is 5.91 Å². The molecule has 0 aliphatic heterocycles. The number of amides is 1. The van der Waals surface area contributed by atoms with E-state index in [4.69, 9.17) is 0 Å². The molecule has 0 bridgehead atoms. The quantitative estimate of drug-likeness (QED) is 0.838. The molecule has 0 saturated heterocycles. The number of anilines is 3. The average Bonchev–Trinajstić information content (AvgIpc) is 2.50. The van der Waals surface area contributed by atoms with E-state index < -0.39 is 0 Å². The van der Waals surface area contributed by atoms with Crippen molar-refractivity contribution in [2.75, 3.05) is 10.6 Å². The Morgan fingerprint density at radius 2 is 1.95 bits per heavy atom. The summed E-state index contributed by atoms with van der Waals surface area (Å²) in [6, 6.07) is 11.9. The Labute approximate surface area is 125 Å². The second-order valence-corrected chi connectivity index (χ2v) is 4.87. The molecule has 110 valence electrons. The van der Waals surface area contributed by atoms with Gasteiger partial charge >= 0.3 is 0 Å². The molecule has 0 unspecified atom stereocenters. The van der Waals surface area contributed by atoms with E-state index in [0.717, 1.165) is 24.2 Å². The SMILES string of the molecule is CCCC(=O)Nc1ccc(Nc2ccccc2CC)cn1. The lowest BCUT2D eigenvalue weighted by atomic mass is 10.1. The van der Waals surface area contributed by atoms with Crippen LogP contribution < -0.4 is 10.6 Å². The molecule has 0 fully saturated rings. The predicted molar refractivity (Wildman–Crippen MR) is 86.9 cm³/mol. The van der Waals surface area contributed by atoms with Gasteiger partial charge in [-0.3, -0.25) is 4.79 Å². The topological polar surface area (TPSA) is 54.0 Å². The van der Waals surface area contributed by atoms with Gasteiger partial charge in [-0.25, -0.2) is 4.98 Å². The van der Waals surface area contributed by atoms with E-state index >= 15 is 0 Å². The first kappa shape index (κ1) is 15.0. The number of benzene rings is 1. The van der Waals surface area contributed by atoms with Crippen molar-refractivity contribution in [2.24, 2.45) is 0 Å². The van der Waals surface area contributed by atoms with Crippen molar-refractivity contribution < 1.29 is 4.79 Å². The monoisotopic (exact) mass is 283 g/mol. The molecule has 1 aromatic carbocycles. The molecule has 0 spiro atoms. The lowest BCUT2D eigenvalue weighted by Crippen LogP contribution is -2.11. The van der Waals surface area contributed by atoms with Crippen molar-refractivity contribution >= 4 is 23.1 Å². The van der Waals surface area contributed by atoms with Crippen molar-refractivity contribution in [3.63, 3.8) is 0 Å². The van der Waals surface area contributed by atoms with Crippen LogP contribution in [0.1, 0.15) is 32.3 Å². The number of para-hydroxylation sites is 1. The van der Waals surface area contributed by atoms with Gasteiger partial charge in [0.05, 0.1) is 11.9 Å². The zero-order valence-corrected chi connectivity index (χ0v) is 12.5. The van der Waals surface area contributed by atoms with Gasteiger partial charge in [-0.2, -0.15) is 0 Å². The third kappa shape index (κ3) is 4.31. The Kier molecular flexibility index (Phi) is 5.32. The Hall–Kier alpha value is -2.36. The van der Waals surface area contributed by atoms with Gasteiger partial charge in [0.1, 0.15) is 5.82 Å². The molecule has 2 rings (SSSR count). The number of nitrogens with one attached hydrogen (secondary N) is 2. The van der Waals surface area contributed by atoms with Crippen LogP contribution in [0.4, 0.5) is 17.2 Å². The molecule has 0 saturated carbocycles. The van der Waals surface area contributed by atoms with Crippen LogP contribution in [0.2, 0.25) is 0 Å². The van der Waals surface area contributed by atoms with Gasteiger partial charge in [0, 0.05) is 12.1 Å².